The number of amides is 2. The predicted octanol–water partition coefficient (Wildman–Crippen LogP) is 6.32. The molecule has 2 atom stereocenters. The van der Waals surface area contributed by atoms with E-state index in [1.54, 1.807) is 0 Å². The van der Waals surface area contributed by atoms with Crippen molar-refractivity contribution in [2.45, 2.75) is 35.1 Å². The van der Waals surface area contributed by atoms with E-state index < -0.39 is 36.2 Å². The zero-order chi connectivity index (χ0) is 33.0. The van der Waals surface area contributed by atoms with Crippen LogP contribution in [0.3, 0.4) is 0 Å². The Balaban J connectivity index is 0.000000250. The Bertz CT molecular complexity index is 1380. The van der Waals surface area contributed by atoms with E-state index in [0.29, 0.717) is 0 Å². The number of carbonyl (C=O) groups is 4. The van der Waals surface area contributed by atoms with Crippen LogP contribution in [0.2, 0.25) is 0 Å². The number of carboxylic acid groups (broad SMARTS) is 2. The van der Waals surface area contributed by atoms with Gasteiger partial charge in [-0.2, -0.15) is 0 Å². The molecule has 4 rings (SSSR count). The standard InChI is InChI=1S/2C17H17NO4S/c2*19-16(20)15(12-23-14-9-5-2-6-10-14)18-17(21)22-11-13-7-3-1-4-8-13/h2*1-10,15H,11-12H2,(H,18,21)(H,19,20)/t2*15-/m00/s1. The monoisotopic (exact) mass is 662 g/mol. The molecule has 0 spiro atoms. The molecule has 4 aromatic rings. The highest BCUT2D eigenvalue weighted by molar-refractivity contribution is 7.99. The van der Waals surface area contributed by atoms with E-state index in [9.17, 15) is 29.4 Å². The number of nitrogens with one attached hydrogen (secondary N) is 2. The predicted molar refractivity (Wildman–Crippen MR) is 177 cm³/mol. The minimum Gasteiger partial charge on any atom is -0.480 e. The summed E-state index contributed by atoms with van der Waals surface area (Å²) in [5.41, 5.74) is 1.68. The molecule has 12 heteroatoms. The van der Waals surface area contributed by atoms with Crippen LogP contribution in [0.25, 0.3) is 0 Å². The van der Waals surface area contributed by atoms with E-state index in [1.807, 2.05) is 121 Å². The highest BCUT2D eigenvalue weighted by Gasteiger charge is 2.22. The van der Waals surface area contributed by atoms with Crippen molar-refractivity contribution in [1.29, 1.82) is 0 Å². The number of carbonyl (C=O) groups excluding carboxylic acids is 2. The fraction of sp³-hybridized carbons (Fsp3) is 0.176. The lowest BCUT2D eigenvalue weighted by Crippen LogP contribution is -2.42. The van der Waals surface area contributed by atoms with Gasteiger partial charge >= 0.3 is 24.1 Å². The fourth-order valence-electron chi connectivity index (χ4n) is 3.56. The third-order valence-corrected chi connectivity index (χ3v) is 8.14. The van der Waals surface area contributed by atoms with Gasteiger partial charge in [0.2, 0.25) is 0 Å². The topological polar surface area (TPSA) is 151 Å². The van der Waals surface area contributed by atoms with Gasteiger partial charge in [-0.1, -0.05) is 97.1 Å². The Labute approximate surface area is 275 Å². The molecule has 0 aliphatic heterocycles. The molecule has 2 amide bonds. The van der Waals surface area contributed by atoms with Gasteiger partial charge in [-0.25, -0.2) is 19.2 Å². The van der Waals surface area contributed by atoms with Crippen LogP contribution < -0.4 is 10.6 Å². The van der Waals surface area contributed by atoms with E-state index >= 15 is 0 Å². The number of hydrogen-bond donors (Lipinski definition) is 4. The Kier molecular flexibility index (Phi) is 15.6. The first kappa shape index (κ1) is 35.5. The van der Waals surface area contributed by atoms with Gasteiger partial charge in [-0.05, 0) is 35.4 Å². The van der Waals surface area contributed by atoms with Crippen molar-refractivity contribution >= 4 is 47.6 Å². The first-order valence-corrected chi connectivity index (χ1v) is 16.0. The molecule has 0 radical (unpaired) electrons. The van der Waals surface area contributed by atoms with Crippen molar-refractivity contribution < 1.29 is 38.9 Å². The molecule has 0 aliphatic carbocycles. The SMILES string of the molecule is O=C(N[C@@H](CSc1ccccc1)C(=O)O)OCc1ccccc1.O=C(N[C@@H](CSc1ccccc1)C(=O)O)OCc1ccccc1. The van der Waals surface area contributed by atoms with Gasteiger partial charge in [0.15, 0.2) is 0 Å². The molecule has 46 heavy (non-hydrogen) atoms. The first-order valence-electron chi connectivity index (χ1n) is 14.1. The zero-order valence-corrected chi connectivity index (χ0v) is 26.3. The summed E-state index contributed by atoms with van der Waals surface area (Å²) >= 11 is 2.72. The summed E-state index contributed by atoms with van der Waals surface area (Å²) in [5.74, 6) is -1.74. The van der Waals surface area contributed by atoms with Crippen LogP contribution in [0.15, 0.2) is 131 Å². The minimum atomic E-state index is -1.09. The second kappa shape index (κ2) is 20.2. The maximum absolute atomic E-state index is 11.7. The largest absolute Gasteiger partial charge is 0.480 e. The van der Waals surface area contributed by atoms with Gasteiger partial charge in [0.05, 0.1) is 0 Å². The van der Waals surface area contributed by atoms with Gasteiger partial charge < -0.3 is 30.3 Å². The summed E-state index contributed by atoms with van der Waals surface area (Å²) in [6, 6.07) is 35.2. The number of alkyl carbamates (subject to hydrolysis) is 2. The van der Waals surface area contributed by atoms with E-state index in [2.05, 4.69) is 10.6 Å². The summed E-state index contributed by atoms with van der Waals surface area (Å²) in [5, 5.41) is 23.2. The number of hydrogen-bond acceptors (Lipinski definition) is 8. The molecule has 0 fully saturated rings. The number of benzene rings is 4. The van der Waals surface area contributed by atoms with Gasteiger partial charge in [-0.3, -0.25) is 0 Å². The van der Waals surface area contributed by atoms with E-state index in [0.717, 1.165) is 20.9 Å². The van der Waals surface area contributed by atoms with Crippen molar-refractivity contribution in [3.63, 3.8) is 0 Å². The van der Waals surface area contributed by atoms with Gasteiger partial charge in [0, 0.05) is 21.3 Å². The molecule has 0 aromatic heterocycles. The van der Waals surface area contributed by atoms with E-state index in [4.69, 9.17) is 9.47 Å². The van der Waals surface area contributed by atoms with Crippen LogP contribution in [0.5, 0.6) is 0 Å². The Morgan fingerprint density at radius 2 is 0.826 bits per heavy atom. The molecular weight excluding hydrogens is 629 g/mol. The van der Waals surface area contributed by atoms with Crippen molar-refractivity contribution in [3.8, 4) is 0 Å². The Morgan fingerprint density at radius 1 is 0.522 bits per heavy atom. The summed E-state index contributed by atoms with van der Waals surface area (Å²) in [6.45, 7) is 0.204. The lowest BCUT2D eigenvalue weighted by atomic mass is 10.2. The lowest BCUT2D eigenvalue weighted by Gasteiger charge is -2.14. The number of thioether (sulfide) groups is 2. The van der Waals surface area contributed by atoms with E-state index in [-0.39, 0.29) is 24.7 Å². The van der Waals surface area contributed by atoms with Gasteiger partial charge in [0.25, 0.3) is 0 Å². The highest BCUT2D eigenvalue weighted by atomic mass is 32.2. The molecule has 4 aromatic carbocycles. The van der Waals surface area contributed by atoms with Crippen LogP contribution in [0, 0.1) is 0 Å². The molecule has 10 nitrogen and oxygen atoms in total. The van der Waals surface area contributed by atoms with Crippen molar-refractivity contribution in [1.82, 2.24) is 10.6 Å². The lowest BCUT2D eigenvalue weighted by molar-refractivity contribution is -0.139. The van der Waals surface area contributed by atoms with Gasteiger partial charge in [0.1, 0.15) is 25.3 Å². The zero-order valence-electron chi connectivity index (χ0n) is 24.7. The smallest absolute Gasteiger partial charge is 0.408 e. The van der Waals surface area contributed by atoms with Crippen molar-refractivity contribution in [3.05, 3.63) is 132 Å². The second-order valence-electron chi connectivity index (χ2n) is 9.44. The quantitative estimate of drug-likeness (QED) is 0.113. The number of aliphatic carboxylic acids is 2. The third-order valence-electron chi connectivity index (χ3n) is 5.93. The molecule has 240 valence electrons. The van der Waals surface area contributed by atoms with Crippen LogP contribution in [-0.4, -0.2) is 57.9 Å². The molecule has 4 N–H and O–H groups in total. The van der Waals surface area contributed by atoms with Gasteiger partial charge in [-0.15, -0.1) is 23.5 Å². The van der Waals surface area contributed by atoms with Crippen LogP contribution in [0.1, 0.15) is 11.1 Å². The third kappa shape index (κ3) is 14.2. The molecule has 0 aliphatic rings. The Morgan fingerprint density at radius 3 is 1.13 bits per heavy atom. The first-order chi connectivity index (χ1) is 22.3. The number of carboxylic acids is 2. The molecule has 0 bridgehead atoms. The summed E-state index contributed by atoms with van der Waals surface area (Å²) in [6.07, 6.45) is -1.48. The van der Waals surface area contributed by atoms with Crippen LogP contribution in [0.4, 0.5) is 9.59 Å². The highest BCUT2D eigenvalue weighted by Crippen LogP contribution is 2.19. The second-order valence-corrected chi connectivity index (χ2v) is 11.6. The van der Waals surface area contributed by atoms with Crippen LogP contribution >= 0.6 is 23.5 Å². The molecule has 0 saturated carbocycles. The summed E-state index contributed by atoms with van der Waals surface area (Å²) in [7, 11) is 0. The van der Waals surface area contributed by atoms with E-state index in [1.165, 1.54) is 23.5 Å². The summed E-state index contributed by atoms with van der Waals surface area (Å²) in [4.78, 5) is 47.9. The average Bonchev–Trinajstić information content (AvgIpc) is 3.08. The molecular formula is C34H34N2O8S2. The fourth-order valence-corrected chi connectivity index (χ4v) is 5.43. The molecule has 0 heterocycles. The minimum absolute atomic E-state index is 0.102. The van der Waals surface area contributed by atoms with Crippen LogP contribution in [-0.2, 0) is 32.3 Å². The maximum atomic E-state index is 11.7. The molecule has 0 unspecified atom stereocenters. The normalized spacial score (nSPS) is 11.5. The average molecular weight is 663 g/mol. The maximum Gasteiger partial charge on any atom is 0.408 e. The Hall–Kier alpha value is -4.94. The number of rotatable bonds is 14. The van der Waals surface area contributed by atoms with Crippen molar-refractivity contribution in [2.75, 3.05) is 11.5 Å². The summed E-state index contributed by atoms with van der Waals surface area (Å²) < 4.78 is 10.1. The number of ether oxygens (including phenoxy) is 2. The van der Waals surface area contributed by atoms with Crippen molar-refractivity contribution in [2.24, 2.45) is 0 Å². The molecule has 0 saturated heterocycles.